The predicted molar refractivity (Wildman–Crippen MR) is 150 cm³/mol. The summed E-state index contributed by atoms with van der Waals surface area (Å²) in [5, 5.41) is 14.9. The number of non-ortho nitro benzene ring substituents is 1. The van der Waals surface area contributed by atoms with Crippen molar-refractivity contribution in [1.82, 2.24) is 0 Å². The number of rotatable bonds is 4. The highest BCUT2D eigenvalue weighted by Gasteiger charge is 2.42. The molecular weight excluding hydrogens is 490 g/mol. The van der Waals surface area contributed by atoms with Crippen molar-refractivity contribution in [3.05, 3.63) is 147 Å². The lowest BCUT2D eigenvalue weighted by molar-refractivity contribution is -0.384. The number of nitro groups is 1. The molecule has 0 spiro atoms. The van der Waals surface area contributed by atoms with Gasteiger partial charge in [-0.2, -0.15) is 0 Å². The number of hydrogen-bond donors (Lipinski definition) is 1. The molecule has 1 heterocycles. The van der Waals surface area contributed by atoms with E-state index >= 15 is 0 Å². The molecule has 1 aliphatic heterocycles. The Kier molecular flexibility index (Phi) is 6.25. The minimum atomic E-state index is -0.770. The van der Waals surface area contributed by atoms with Gasteiger partial charge in [0.1, 0.15) is 0 Å². The number of anilines is 2. The van der Waals surface area contributed by atoms with Crippen LogP contribution in [0.1, 0.15) is 46.3 Å². The van der Waals surface area contributed by atoms with Crippen LogP contribution in [0.2, 0.25) is 0 Å². The highest BCUT2D eigenvalue weighted by molar-refractivity contribution is 6.12. The van der Waals surface area contributed by atoms with Crippen LogP contribution in [-0.2, 0) is 4.79 Å². The number of nitro benzene ring substituents is 1. The monoisotopic (exact) mass is 515 g/mol. The number of ketones is 1. The van der Waals surface area contributed by atoms with Crippen LogP contribution < -0.4 is 10.2 Å². The normalized spacial score (nSPS) is 18.5. The second-order valence-electron chi connectivity index (χ2n) is 9.77. The van der Waals surface area contributed by atoms with Gasteiger partial charge in [-0.1, -0.05) is 60.7 Å². The summed E-state index contributed by atoms with van der Waals surface area (Å²) in [6, 6.07) is 31.8. The van der Waals surface area contributed by atoms with Gasteiger partial charge in [-0.3, -0.25) is 24.6 Å². The summed E-state index contributed by atoms with van der Waals surface area (Å²) in [5.41, 5.74) is 4.77. The van der Waals surface area contributed by atoms with Gasteiger partial charge in [0.25, 0.3) is 11.6 Å². The third-order valence-electron chi connectivity index (χ3n) is 7.42. The SMILES string of the molecule is O=C1C[C@@H](c2ccccc2)CC2=C1[C@H](c1ccc([N+](=O)[O-])cc1)N(C(=O)c1ccccc1)c1ccccc1N2. The summed E-state index contributed by atoms with van der Waals surface area (Å²) < 4.78 is 0. The van der Waals surface area contributed by atoms with Crippen molar-refractivity contribution in [1.29, 1.82) is 0 Å². The van der Waals surface area contributed by atoms with E-state index in [1.165, 1.54) is 12.1 Å². The van der Waals surface area contributed by atoms with Crippen molar-refractivity contribution in [2.75, 3.05) is 10.2 Å². The molecule has 4 aromatic carbocycles. The van der Waals surface area contributed by atoms with Gasteiger partial charge >= 0.3 is 0 Å². The van der Waals surface area contributed by atoms with E-state index in [4.69, 9.17) is 0 Å². The maximum atomic E-state index is 14.2. The molecule has 39 heavy (non-hydrogen) atoms. The zero-order valence-electron chi connectivity index (χ0n) is 21.0. The molecular formula is C32H25N3O4. The Morgan fingerprint density at radius 3 is 2.13 bits per heavy atom. The summed E-state index contributed by atoms with van der Waals surface area (Å²) in [5.74, 6) is -0.328. The fraction of sp³-hybridized carbons (Fsp3) is 0.125. The number of hydrogen-bond acceptors (Lipinski definition) is 5. The van der Waals surface area contributed by atoms with Crippen LogP contribution in [-0.4, -0.2) is 16.6 Å². The van der Waals surface area contributed by atoms with E-state index < -0.39 is 11.0 Å². The summed E-state index contributed by atoms with van der Waals surface area (Å²) in [6.45, 7) is 0. The minimum Gasteiger partial charge on any atom is -0.357 e. The first kappa shape index (κ1) is 24.3. The lowest BCUT2D eigenvalue weighted by Crippen LogP contribution is -2.38. The van der Waals surface area contributed by atoms with Gasteiger partial charge in [-0.15, -0.1) is 0 Å². The summed E-state index contributed by atoms with van der Waals surface area (Å²) >= 11 is 0. The van der Waals surface area contributed by atoms with Crippen molar-refractivity contribution < 1.29 is 14.5 Å². The topological polar surface area (TPSA) is 92.5 Å². The zero-order valence-corrected chi connectivity index (χ0v) is 21.0. The Hall–Kier alpha value is -5.04. The van der Waals surface area contributed by atoms with E-state index in [1.54, 1.807) is 41.3 Å². The molecule has 6 rings (SSSR count). The lowest BCUT2D eigenvalue weighted by Gasteiger charge is -2.35. The first-order valence-corrected chi connectivity index (χ1v) is 12.8. The number of para-hydroxylation sites is 2. The van der Waals surface area contributed by atoms with Crippen LogP contribution in [0.15, 0.2) is 120 Å². The van der Waals surface area contributed by atoms with E-state index in [0.29, 0.717) is 35.2 Å². The quantitative estimate of drug-likeness (QED) is 0.238. The Bertz CT molecular complexity index is 1600. The lowest BCUT2D eigenvalue weighted by atomic mass is 9.78. The largest absolute Gasteiger partial charge is 0.357 e. The average Bonchev–Trinajstić information content (AvgIpc) is 3.12. The highest BCUT2D eigenvalue weighted by Crippen LogP contribution is 2.48. The Balaban J connectivity index is 1.57. The van der Waals surface area contributed by atoms with Gasteiger partial charge in [-0.05, 0) is 59.9 Å². The molecule has 0 saturated carbocycles. The number of carbonyl (C=O) groups is 2. The third kappa shape index (κ3) is 4.48. The van der Waals surface area contributed by atoms with Gasteiger partial charge in [0.15, 0.2) is 5.78 Å². The van der Waals surface area contributed by atoms with Crippen LogP contribution in [0.5, 0.6) is 0 Å². The molecule has 1 amide bonds. The maximum absolute atomic E-state index is 14.2. The van der Waals surface area contributed by atoms with Crippen LogP contribution >= 0.6 is 0 Å². The van der Waals surface area contributed by atoms with Crippen LogP contribution in [0, 0.1) is 10.1 Å². The predicted octanol–water partition coefficient (Wildman–Crippen LogP) is 6.81. The van der Waals surface area contributed by atoms with E-state index in [0.717, 1.165) is 16.9 Å². The molecule has 0 bridgehead atoms. The average molecular weight is 516 g/mol. The van der Waals surface area contributed by atoms with E-state index in [9.17, 15) is 19.7 Å². The van der Waals surface area contributed by atoms with Gasteiger partial charge in [0, 0.05) is 35.4 Å². The first-order valence-electron chi connectivity index (χ1n) is 12.8. The number of amides is 1. The summed E-state index contributed by atoms with van der Waals surface area (Å²) in [7, 11) is 0. The number of allylic oxidation sites excluding steroid dienone is 1. The summed E-state index contributed by atoms with van der Waals surface area (Å²) in [6.07, 6.45) is 0.897. The van der Waals surface area contributed by atoms with Crippen LogP contribution in [0.4, 0.5) is 17.1 Å². The summed E-state index contributed by atoms with van der Waals surface area (Å²) in [4.78, 5) is 40.8. The standard InChI is InChI=1S/C32H25N3O4/c36-29-20-24(21-9-3-1-4-10-21)19-27-30(29)31(22-15-17-25(18-16-22)35(38)39)34(28-14-8-7-13-26(28)33-27)32(37)23-11-5-2-6-12-23/h1-18,24,31,33H,19-20H2/t24-,31-/m0/s1. The number of nitrogens with zero attached hydrogens (tertiary/aromatic N) is 2. The molecule has 4 aromatic rings. The fourth-order valence-corrected chi connectivity index (χ4v) is 5.59. The number of nitrogens with one attached hydrogen (secondary N) is 1. The van der Waals surface area contributed by atoms with Crippen molar-refractivity contribution in [3.8, 4) is 0 Å². The van der Waals surface area contributed by atoms with Crippen LogP contribution in [0.25, 0.3) is 0 Å². The molecule has 7 heteroatoms. The van der Waals surface area contributed by atoms with Crippen molar-refractivity contribution >= 4 is 28.8 Å². The van der Waals surface area contributed by atoms with Crippen molar-refractivity contribution in [2.24, 2.45) is 0 Å². The number of fused-ring (bicyclic) bond motifs is 1. The fourth-order valence-electron chi connectivity index (χ4n) is 5.59. The molecule has 2 aliphatic rings. The van der Waals surface area contributed by atoms with Crippen molar-refractivity contribution in [2.45, 2.75) is 24.8 Å². The molecule has 0 radical (unpaired) electrons. The first-order chi connectivity index (χ1) is 19.0. The number of Topliss-reactive ketones (excluding diaryl/α,β-unsaturated/α-hetero) is 1. The smallest absolute Gasteiger partial charge is 0.269 e. The Labute approximate surface area is 225 Å². The number of benzene rings is 4. The van der Waals surface area contributed by atoms with E-state index in [2.05, 4.69) is 5.32 Å². The highest BCUT2D eigenvalue weighted by atomic mass is 16.6. The second-order valence-corrected chi connectivity index (χ2v) is 9.77. The van der Waals surface area contributed by atoms with Gasteiger partial charge < -0.3 is 5.32 Å². The Morgan fingerprint density at radius 2 is 1.44 bits per heavy atom. The maximum Gasteiger partial charge on any atom is 0.269 e. The van der Waals surface area contributed by atoms with E-state index in [-0.39, 0.29) is 23.3 Å². The molecule has 0 aromatic heterocycles. The van der Waals surface area contributed by atoms with Crippen LogP contribution in [0.3, 0.4) is 0 Å². The Morgan fingerprint density at radius 1 is 0.795 bits per heavy atom. The van der Waals surface area contributed by atoms with Gasteiger partial charge in [0.2, 0.25) is 0 Å². The van der Waals surface area contributed by atoms with Gasteiger partial charge in [-0.25, -0.2) is 0 Å². The molecule has 0 fully saturated rings. The third-order valence-corrected chi connectivity index (χ3v) is 7.42. The molecule has 192 valence electrons. The van der Waals surface area contributed by atoms with Crippen molar-refractivity contribution in [3.63, 3.8) is 0 Å². The minimum absolute atomic E-state index is 0.00834. The molecule has 1 aliphatic carbocycles. The second kappa shape index (κ2) is 10.0. The zero-order chi connectivity index (χ0) is 26.9. The molecule has 0 unspecified atom stereocenters. The van der Waals surface area contributed by atoms with Gasteiger partial charge in [0.05, 0.1) is 22.3 Å². The number of carbonyl (C=O) groups excluding carboxylic acids is 2. The molecule has 0 saturated heterocycles. The molecule has 2 atom stereocenters. The molecule has 7 nitrogen and oxygen atoms in total. The van der Waals surface area contributed by atoms with E-state index in [1.807, 2.05) is 60.7 Å². The molecule has 1 N–H and O–H groups in total.